The Hall–Kier alpha value is -0.0800. The maximum Gasteiger partial charge on any atom is 0.0800 e. The van der Waals surface area contributed by atoms with E-state index in [-0.39, 0.29) is 0 Å². The second-order valence-corrected chi connectivity index (χ2v) is 6.99. The maximum atomic E-state index is 10.9. The largest absolute Gasteiger partial charge is 0.388 e. The molecule has 2 N–H and O–H groups in total. The molecule has 0 radical (unpaired) electrons. The van der Waals surface area contributed by atoms with Crippen molar-refractivity contribution in [1.82, 2.24) is 5.32 Å². The third-order valence-electron chi connectivity index (χ3n) is 5.58. The van der Waals surface area contributed by atoms with Gasteiger partial charge in [-0.3, -0.25) is 0 Å². The molecule has 0 aromatic heterocycles. The van der Waals surface area contributed by atoms with Gasteiger partial charge in [0, 0.05) is 6.04 Å². The van der Waals surface area contributed by atoms with Crippen LogP contribution in [0.1, 0.15) is 65.7 Å². The highest BCUT2D eigenvalue weighted by Gasteiger charge is 2.42. The highest BCUT2D eigenvalue weighted by atomic mass is 16.3. The molecule has 2 heteroatoms. The topological polar surface area (TPSA) is 32.3 Å². The molecule has 1 heterocycles. The first-order valence-electron chi connectivity index (χ1n) is 8.01. The monoisotopic (exact) mass is 253 g/mol. The van der Waals surface area contributed by atoms with Crippen LogP contribution < -0.4 is 5.32 Å². The molecule has 2 aliphatic rings. The van der Waals surface area contributed by atoms with E-state index in [1.165, 1.54) is 32.1 Å². The fraction of sp³-hybridized carbons (Fsp3) is 1.00. The summed E-state index contributed by atoms with van der Waals surface area (Å²) in [6.45, 7) is 8.02. The lowest BCUT2D eigenvalue weighted by Crippen LogP contribution is -2.56. The normalized spacial score (nSPS) is 42.2. The van der Waals surface area contributed by atoms with Gasteiger partial charge in [0.25, 0.3) is 0 Å². The molecule has 0 aromatic rings. The van der Waals surface area contributed by atoms with Crippen molar-refractivity contribution >= 4 is 0 Å². The standard InChI is InChI=1S/C16H31NO/c1-4-13-7-10-17-15(11-13)16(18)8-5-14(6-9-16)12(2)3/h12-15,17-18H,4-11H2,1-3H3. The molecule has 2 fully saturated rings. The Morgan fingerprint density at radius 3 is 2.44 bits per heavy atom. The Bertz CT molecular complexity index is 256. The molecule has 0 spiro atoms. The second-order valence-electron chi connectivity index (χ2n) is 6.99. The zero-order valence-corrected chi connectivity index (χ0v) is 12.4. The minimum Gasteiger partial charge on any atom is -0.388 e. The smallest absolute Gasteiger partial charge is 0.0800 e. The predicted molar refractivity (Wildman–Crippen MR) is 76.6 cm³/mol. The Morgan fingerprint density at radius 1 is 1.22 bits per heavy atom. The molecule has 0 bridgehead atoms. The average molecular weight is 253 g/mol. The van der Waals surface area contributed by atoms with Gasteiger partial charge < -0.3 is 10.4 Å². The SMILES string of the molecule is CCC1CCNC(C2(O)CCC(C(C)C)CC2)C1. The van der Waals surface area contributed by atoms with E-state index in [1.54, 1.807) is 0 Å². The van der Waals surface area contributed by atoms with E-state index in [9.17, 15) is 5.11 Å². The molecule has 1 aliphatic carbocycles. The van der Waals surface area contributed by atoms with Gasteiger partial charge in [-0.1, -0.05) is 27.2 Å². The summed E-state index contributed by atoms with van der Waals surface area (Å²) < 4.78 is 0. The van der Waals surface area contributed by atoms with Crippen LogP contribution in [0.3, 0.4) is 0 Å². The van der Waals surface area contributed by atoms with Crippen LogP contribution in [0.5, 0.6) is 0 Å². The molecule has 106 valence electrons. The lowest BCUT2D eigenvalue weighted by Gasteiger charge is -2.45. The molecular formula is C16H31NO. The summed E-state index contributed by atoms with van der Waals surface area (Å²) in [5.41, 5.74) is -0.417. The van der Waals surface area contributed by atoms with Crippen LogP contribution in [0, 0.1) is 17.8 Å². The Labute approximate surface area is 113 Å². The van der Waals surface area contributed by atoms with Gasteiger partial charge in [0.05, 0.1) is 5.60 Å². The summed E-state index contributed by atoms with van der Waals surface area (Å²) in [6, 6.07) is 0.351. The quantitative estimate of drug-likeness (QED) is 0.808. The van der Waals surface area contributed by atoms with Crippen LogP contribution in [-0.4, -0.2) is 23.3 Å². The molecule has 1 saturated heterocycles. The molecule has 1 aliphatic heterocycles. The molecule has 1 saturated carbocycles. The first-order chi connectivity index (χ1) is 8.55. The van der Waals surface area contributed by atoms with Crippen LogP contribution in [0.2, 0.25) is 0 Å². The second kappa shape index (κ2) is 5.92. The van der Waals surface area contributed by atoms with Crippen LogP contribution in [0.15, 0.2) is 0 Å². The molecule has 0 amide bonds. The van der Waals surface area contributed by atoms with Gasteiger partial charge in [-0.05, 0) is 62.8 Å². The van der Waals surface area contributed by atoms with Crippen LogP contribution in [0.4, 0.5) is 0 Å². The van der Waals surface area contributed by atoms with Crippen molar-refractivity contribution in [3.63, 3.8) is 0 Å². The molecule has 2 rings (SSSR count). The number of hydrogen-bond donors (Lipinski definition) is 2. The Balaban J connectivity index is 1.92. The van der Waals surface area contributed by atoms with E-state index in [2.05, 4.69) is 26.1 Å². The van der Waals surface area contributed by atoms with Gasteiger partial charge in [-0.15, -0.1) is 0 Å². The molecular weight excluding hydrogens is 222 g/mol. The average Bonchev–Trinajstić information content (AvgIpc) is 2.39. The van der Waals surface area contributed by atoms with E-state index < -0.39 is 5.60 Å². The number of piperidine rings is 1. The van der Waals surface area contributed by atoms with Crippen molar-refractivity contribution in [2.24, 2.45) is 17.8 Å². The summed E-state index contributed by atoms with van der Waals surface area (Å²) in [4.78, 5) is 0. The molecule has 2 nitrogen and oxygen atoms in total. The first-order valence-corrected chi connectivity index (χ1v) is 8.01. The first kappa shape index (κ1) is 14.3. The Kier molecular flexibility index (Phi) is 4.71. The summed E-state index contributed by atoms with van der Waals surface area (Å²) >= 11 is 0. The van der Waals surface area contributed by atoms with Gasteiger partial charge in [0.2, 0.25) is 0 Å². The van der Waals surface area contributed by atoms with Crippen LogP contribution in [0.25, 0.3) is 0 Å². The Morgan fingerprint density at radius 2 is 1.89 bits per heavy atom. The number of rotatable bonds is 3. The van der Waals surface area contributed by atoms with E-state index in [4.69, 9.17) is 0 Å². The van der Waals surface area contributed by atoms with Gasteiger partial charge in [0.1, 0.15) is 0 Å². The van der Waals surface area contributed by atoms with Crippen molar-refractivity contribution in [2.45, 2.75) is 77.4 Å². The lowest BCUT2D eigenvalue weighted by atomic mass is 9.69. The highest BCUT2D eigenvalue weighted by Crippen LogP contribution is 2.40. The third-order valence-corrected chi connectivity index (χ3v) is 5.58. The van der Waals surface area contributed by atoms with Crippen LogP contribution in [-0.2, 0) is 0 Å². The zero-order chi connectivity index (χ0) is 13.2. The fourth-order valence-electron chi connectivity index (χ4n) is 3.93. The van der Waals surface area contributed by atoms with Crippen molar-refractivity contribution in [2.75, 3.05) is 6.54 Å². The minimum atomic E-state index is -0.417. The number of hydrogen-bond acceptors (Lipinski definition) is 2. The van der Waals surface area contributed by atoms with Gasteiger partial charge in [0.15, 0.2) is 0 Å². The summed E-state index contributed by atoms with van der Waals surface area (Å²) in [6.07, 6.45) is 8.17. The van der Waals surface area contributed by atoms with E-state index in [0.717, 1.165) is 37.1 Å². The van der Waals surface area contributed by atoms with Crippen LogP contribution >= 0.6 is 0 Å². The number of nitrogens with one attached hydrogen (secondary N) is 1. The van der Waals surface area contributed by atoms with E-state index in [1.807, 2.05) is 0 Å². The summed E-state index contributed by atoms with van der Waals surface area (Å²) in [5.74, 6) is 2.43. The third kappa shape index (κ3) is 3.08. The van der Waals surface area contributed by atoms with Gasteiger partial charge in [-0.25, -0.2) is 0 Å². The lowest BCUT2D eigenvalue weighted by molar-refractivity contribution is -0.0575. The molecule has 18 heavy (non-hydrogen) atoms. The number of aliphatic hydroxyl groups is 1. The van der Waals surface area contributed by atoms with Crippen molar-refractivity contribution < 1.29 is 5.11 Å². The summed E-state index contributed by atoms with van der Waals surface area (Å²) in [7, 11) is 0. The maximum absolute atomic E-state index is 10.9. The van der Waals surface area contributed by atoms with Gasteiger partial charge >= 0.3 is 0 Å². The van der Waals surface area contributed by atoms with E-state index in [0.29, 0.717) is 6.04 Å². The van der Waals surface area contributed by atoms with E-state index >= 15 is 0 Å². The van der Waals surface area contributed by atoms with Gasteiger partial charge in [-0.2, -0.15) is 0 Å². The predicted octanol–water partition coefficient (Wildman–Crippen LogP) is 3.34. The molecule has 0 aromatic carbocycles. The molecule has 2 unspecified atom stereocenters. The highest BCUT2D eigenvalue weighted by molar-refractivity contribution is 4.98. The van der Waals surface area contributed by atoms with Crippen molar-refractivity contribution in [1.29, 1.82) is 0 Å². The fourth-order valence-corrected chi connectivity index (χ4v) is 3.93. The van der Waals surface area contributed by atoms with Crippen molar-refractivity contribution in [3.8, 4) is 0 Å². The summed E-state index contributed by atoms with van der Waals surface area (Å²) in [5, 5.41) is 14.5. The zero-order valence-electron chi connectivity index (χ0n) is 12.4. The molecule has 2 atom stereocenters. The minimum absolute atomic E-state index is 0.351. The van der Waals surface area contributed by atoms with Crippen molar-refractivity contribution in [3.05, 3.63) is 0 Å².